The van der Waals surface area contributed by atoms with Gasteiger partial charge in [0.25, 0.3) is 0 Å². The quantitative estimate of drug-likeness (QED) is 0.818. The van der Waals surface area contributed by atoms with E-state index in [1.54, 1.807) is 0 Å². The largest absolute Gasteiger partial charge is 0.341 e. The molecule has 0 radical (unpaired) electrons. The molecule has 2 aromatic carbocycles. The van der Waals surface area contributed by atoms with Gasteiger partial charge < -0.3 is 9.80 Å². The normalized spacial score (nSPS) is 20.2. The fraction of sp³-hybridized carbons (Fsp3) is 0.381. The third kappa shape index (κ3) is 5.16. The maximum atomic E-state index is 12.9. The van der Waals surface area contributed by atoms with Crippen LogP contribution in [0.2, 0.25) is 0 Å². The fourth-order valence-corrected chi connectivity index (χ4v) is 4.15. The summed E-state index contributed by atoms with van der Waals surface area (Å²) in [5.74, 6) is 0.430. The molecular formula is C21H26BrN2O+. The Labute approximate surface area is 158 Å². The number of halogens is 1. The molecule has 1 aliphatic heterocycles. The van der Waals surface area contributed by atoms with Gasteiger partial charge in [0.15, 0.2) is 0 Å². The van der Waals surface area contributed by atoms with Crippen molar-refractivity contribution in [3.05, 3.63) is 70.2 Å². The SMILES string of the molecule is CN(Cc1ccccc1)C(=O)[C@H]1CCC[NH+](Cc2cccc(Br)c2)C1. The molecule has 2 aromatic rings. The van der Waals surface area contributed by atoms with Crippen LogP contribution < -0.4 is 4.90 Å². The lowest BCUT2D eigenvalue weighted by molar-refractivity contribution is -0.921. The van der Waals surface area contributed by atoms with Crippen molar-refractivity contribution in [2.75, 3.05) is 20.1 Å². The Morgan fingerprint density at radius 1 is 1.16 bits per heavy atom. The van der Waals surface area contributed by atoms with Gasteiger partial charge in [-0.1, -0.05) is 58.4 Å². The molecule has 0 bridgehead atoms. The zero-order valence-electron chi connectivity index (χ0n) is 14.7. The molecule has 1 heterocycles. The summed E-state index contributed by atoms with van der Waals surface area (Å²) >= 11 is 3.54. The van der Waals surface area contributed by atoms with Crippen LogP contribution in [0, 0.1) is 5.92 Å². The predicted molar refractivity (Wildman–Crippen MR) is 104 cm³/mol. The van der Waals surface area contributed by atoms with Crippen LogP contribution in [-0.4, -0.2) is 30.9 Å². The van der Waals surface area contributed by atoms with Gasteiger partial charge in [0.05, 0.1) is 19.0 Å². The lowest BCUT2D eigenvalue weighted by atomic mass is 9.96. The third-order valence-corrected chi connectivity index (χ3v) is 5.44. The van der Waals surface area contributed by atoms with Crippen LogP contribution in [0.5, 0.6) is 0 Å². The molecule has 2 atom stereocenters. The van der Waals surface area contributed by atoms with E-state index >= 15 is 0 Å². The van der Waals surface area contributed by atoms with Crippen LogP contribution in [0.3, 0.4) is 0 Å². The molecule has 1 aliphatic rings. The molecule has 1 unspecified atom stereocenters. The minimum absolute atomic E-state index is 0.143. The third-order valence-electron chi connectivity index (χ3n) is 4.95. The van der Waals surface area contributed by atoms with E-state index in [-0.39, 0.29) is 11.8 Å². The summed E-state index contributed by atoms with van der Waals surface area (Å²) in [5, 5.41) is 0. The summed E-state index contributed by atoms with van der Waals surface area (Å²) in [4.78, 5) is 16.3. The van der Waals surface area contributed by atoms with Gasteiger partial charge in [-0.2, -0.15) is 0 Å². The van der Waals surface area contributed by atoms with Gasteiger partial charge in [-0.05, 0) is 30.5 Å². The fourth-order valence-electron chi connectivity index (χ4n) is 3.70. The minimum Gasteiger partial charge on any atom is -0.341 e. The Morgan fingerprint density at radius 3 is 2.68 bits per heavy atom. The Kier molecular flexibility index (Phi) is 6.27. The first-order valence-electron chi connectivity index (χ1n) is 8.99. The minimum atomic E-state index is 0.143. The van der Waals surface area contributed by atoms with Crippen molar-refractivity contribution in [3.63, 3.8) is 0 Å². The summed E-state index contributed by atoms with van der Waals surface area (Å²) in [7, 11) is 1.93. The van der Waals surface area contributed by atoms with Crippen molar-refractivity contribution in [2.45, 2.75) is 25.9 Å². The van der Waals surface area contributed by atoms with E-state index in [9.17, 15) is 4.79 Å². The maximum Gasteiger partial charge on any atom is 0.231 e. The monoisotopic (exact) mass is 401 g/mol. The molecule has 0 spiro atoms. The van der Waals surface area contributed by atoms with Gasteiger partial charge in [0.2, 0.25) is 5.91 Å². The summed E-state index contributed by atoms with van der Waals surface area (Å²) in [6, 6.07) is 18.7. The van der Waals surface area contributed by atoms with Crippen molar-refractivity contribution in [1.29, 1.82) is 0 Å². The highest BCUT2D eigenvalue weighted by atomic mass is 79.9. The highest BCUT2D eigenvalue weighted by molar-refractivity contribution is 9.10. The average molecular weight is 402 g/mol. The smallest absolute Gasteiger partial charge is 0.231 e. The van der Waals surface area contributed by atoms with Crippen molar-refractivity contribution >= 4 is 21.8 Å². The summed E-state index contributed by atoms with van der Waals surface area (Å²) in [6.45, 7) is 3.77. The zero-order chi connectivity index (χ0) is 17.6. The molecule has 1 saturated heterocycles. The van der Waals surface area contributed by atoms with Crippen molar-refractivity contribution in [3.8, 4) is 0 Å². The molecule has 1 N–H and O–H groups in total. The van der Waals surface area contributed by atoms with Gasteiger partial charge in [0, 0.05) is 23.6 Å². The standard InChI is InChI=1S/C21H25BrN2O/c1-23(14-17-7-3-2-4-8-17)21(25)19-10-6-12-24(16-19)15-18-9-5-11-20(22)13-18/h2-5,7-9,11,13,19H,6,10,12,14-16H2,1H3/p+1/t19-/m0/s1. The zero-order valence-corrected chi connectivity index (χ0v) is 16.3. The highest BCUT2D eigenvalue weighted by Crippen LogP contribution is 2.14. The van der Waals surface area contributed by atoms with Gasteiger partial charge in [-0.15, -0.1) is 0 Å². The van der Waals surface area contributed by atoms with Crippen molar-refractivity contribution in [2.24, 2.45) is 5.92 Å². The van der Waals surface area contributed by atoms with E-state index in [1.807, 2.05) is 30.1 Å². The molecule has 3 rings (SSSR count). The molecule has 0 aliphatic carbocycles. The van der Waals surface area contributed by atoms with Crippen LogP contribution in [0.25, 0.3) is 0 Å². The number of amides is 1. The first-order chi connectivity index (χ1) is 12.1. The van der Waals surface area contributed by atoms with E-state index in [0.717, 1.165) is 36.9 Å². The van der Waals surface area contributed by atoms with Crippen LogP contribution in [-0.2, 0) is 17.9 Å². The van der Waals surface area contributed by atoms with Gasteiger partial charge in [-0.3, -0.25) is 4.79 Å². The van der Waals surface area contributed by atoms with E-state index in [0.29, 0.717) is 6.54 Å². The van der Waals surface area contributed by atoms with Crippen LogP contribution in [0.1, 0.15) is 24.0 Å². The van der Waals surface area contributed by atoms with Crippen molar-refractivity contribution in [1.82, 2.24) is 4.90 Å². The molecule has 3 nitrogen and oxygen atoms in total. The number of rotatable bonds is 5. The summed E-state index contributed by atoms with van der Waals surface area (Å²) in [5.41, 5.74) is 2.52. The molecule has 1 amide bonds. The highest BCUT2D eigenvalue weighted by Gasteiger charge is 2.30. The first kappa shape index (κ1) is 18.2. The van der Waals surface area contributed by atoms with E-state index < -0.39 is 0 Å². The number of carbonyl (C=O) groups excluding carboxylic acids is 1. The lowest BCUT2D eigenvalue weighted by Gasteiger charge is -2.31. The molecule has 0 saturated carbocycles. The molecule has 132 valence electrons. The Morgan fingerprint density at radius 2 is 1.92 bits per heavy atom. The average Bonchev–Trinajstić information content (AvgIpc) is 2.62. The molecule has 25 heavy (non-hydrogen) atoms. The molecular weight excluding hydrogens is 376 g/mol. The van der Waals surface area contributed by atoms with E-state index in [2.05, 4.69) is 52.3 Å². The molecule has 1 fully saturated rings. The van der Waals surface area contributed by atoms with Crippen LogP contribution >= 0.6 is 15.9 Å². The van der Waals surface area contributed by atoms with Gasteiger partial charge in [-0.25, -0.2) is 0 Å². The predicted octanol–water partition coefficient (Wildman–Crippen LogP) is 2.90. The summed E-state index contributed by atoms with van der Waals surface area (Å²) < 4.78 is 1.12. The number of likely N-dealkylation sites (tertiary alicyclic amines) is 1. The number of nitrogens with zero attached hydrogens (tertiary/aromatic N) is 1. The number of benzene rings is 2. The Bertz CT molecular complexity index is 704. The van der Waals surface area contributed by atoms with Crippen LogP contribution in [0.15, 0.2) is 59.1 Å². The Hall–Kier alpha value is -1.65. The number of hydrogen-bond acceptors (Lipinski definition) is 1. The topological polar surface area (TPSA) is 24.8 Å². The van der Waals surface area contributed by atoms with Gasteiger partial charge >= 0.3 is 0 Å². The number of nitrogens with one attached hydrogen (secondary N) is 1. The first-order valence-corrected chi connectivity index (χ1v) is 9.78. The van der Waals surface area contributed by atoms with E-state index in [4.69, 9.17) is 0 Å². The number of carbonyl (C=O) groups is 1. The van der Waals surface area contributed by atoms with E-state index in [1.165, 1.54) is 16.0 Å². The summed E-state index contributed by atoms with van der Waals surface area (Å²) in [6.07, 6.45) is 2.14. The Balaban J connectivity index is 1.57. The second-order valence-corrected chi connectivity index (χ2v) is 7.95. The number of hydrogen-bond donors (Lipinski definition) is 1. The lowest BCUT2D eigenvalue weighted by Crippen LogP contribution is -3.12. The molecule has 0 aromatic heterocycles. The second-order valence-electron chi connectivity index (χ2n) is 7.03. The van der Waals surface area contributed by atoms with Gasteiger partial charge in [0.1, 0.15) is 6.54 Å². The second kappa shape index (κ2) is 8.63. The number of quaternary nitrogens is 1. The number of piperidine rings is 1. The molecule has 4 heteroatoms. The van der Waals surface area contributed by atoms with Crippen molar-refractivity contribution < 1.29 is 9.69 Å². The maximum absolute atomic E-state index is 12.9. The van der Waals surface area contributed by atoms with Crippen LogP contribution in [0.4, 0.5) is 0 Å².